The molecule has 158 valence electrons. The molecule has 0 aliphatic heterocycles. The normalized spacial score (nSPS) is 11.7. The number of carbonyl (C=O) groups excluding carboxylic acids is 1. The Hall–Kier alpha value is -2.81. The zero-order valence-corrected chi connectivity index (χ0v) is 18.8. The number of aromatic nitrogens is 2. The van der Waals surface area contributed by atoms with Crippen LogP contribution in [0, 0.1) is 6.92 Å². The molecule has 0 fully saturated rings. The molecule has 2 aromatic carbocycles. The smallest absolute Gasteiger partial charge is 0.265 e. The summed E-state index contributed by atoms with van der Waals surface area (Å²) in [7, 11) is -3.71. The molecule has 2 aromatic heterocycles. The van der Waals surface area contributed by atoms with Crippen LogP contribution in [-0.2, 0) is 21.1 Å². The Morgan fingerprint density at radius 3 is 2.45 bits per heavy atom. The van der Waals surface area contributed by atoms with Crippen molar-refractivity contribution >= 4 is 49.5 Å². The average molecular weight is 473 g/mol. The van der Waals surface area contributed by atoms with Gasteiger partial charge < -0.3 is 0 Å². The predicted octanol–water partition coefficient (Wildman–Crippen LogP) is 3.99. The van der Waals surface area contributed by atoms with Gasteiger partial charge in [0.25, 0.3) is 5.56 Å². The van der Waals surface area contributed by atoms with E-state index in [0.29, 0.717) is 32.3 Å². The minimum Gasteiger partial charge on any atom is -0.298 e. The molecule has 0 unspecified atom stereocenters. The number of thiophene rings is 1. The highest BCUT2D eigenvalue weighted by molar-refractivity contribution is 7.94. The fraction of sp³-hybridized carbons (Fsp3) is 0.136. The second-order valence-electron chi connectivity index (χ2n) is 7.02. The van der Waals surface area contributed by atoms with Crippen LogP contribution in [0.25, 0.3) is 16.6 Å². The van der Waals surface area contributed by atoms with Crippen molar-refractivity contribution in [2.24, 2.45) is 0 Å². The van der Waals surface area contributed by atoms with E-state index in [0.717, 1.165) is 11.3 Å². The number of rotatable bonds is 6. The van der Waals surface area contributed by atoms with E-state index in [-0.39, 0.29) is 16.2 Å². The third kappa shape index (κ3) is 4.46. The summed E-state index contributed by atoms with van der Waals surface area (Å²) in [6.45, 7) is 1.76. The first-order valence-electron chi connectivity index (χ1n) is 9.32. The van der Waals surface area contributed by atoms with Gasteiger partial charge >= 0.3 is 0 Å². The summed E-state index contributed by atoms with van der Waals surface area (Å²) in [6.07, 6.45) is -0.0253. The number of halogens is 1. The van der Waals surface area contributed by atoms with Gasteiger partial charge in [-0.3, -0.25) is 14.2 Å². The Kier molecular flexibility index (Phi) is 5.79. The lowest BCUT2D eigenvalue weighted by Gasteiger charge is -2.11. The Morgan fingerprint density at radius 2 is 1.77 bits per heavy atom. The van der Waals surface area contributed by atoms with E-state index in [1.807, 2.05) is 6.07 Å². The van der Waals surface area contributed by atoms with Crippen molar-refractivity contribution in [2.45, 2.75) is 17.6 Å². The van der Waals surface area contributed by atoms with E-state index >= 15 is 0 Å². The molecule has 4 aromatic rings. The molecule has 31 heavy (non-hydrogen) atoms. The highest BCUT2D eigenvalue weighted by Gasteiger charge is 2.21. The second kappa shape index (κ2) is 8.37. The Balaban J connectivity index is 1.55. The van der Waals surface area contributed by atoms with Crippen molar-refractivity contribution in [3.8, 4) is 5.69 Å². The van der Waals surface area contributed by atoms with Crippen LogP contribution in [0.3, 0.4) is 0 Å². The average Bonchev–Trinajstić information content (AvgIpc) is 3.16. The molecule has 2 heterocycles. The van der Waals surface area contributed by atoms with Crippen molar-refractivity contribution in [1.82, 2.24) is 9.55 Å². The first-order chi connectivity index (χ1) is 14.7. The van der Waals surface area contributed by atoms with Gasteiger partial charge in [-0.15, -0.1) is 11.3 Å². The summed E-state index contributed by atoms with van der Waals surface area (Å²) < 4.78 is 26.7. The van der Waals surface area contributed by atoms with Gasteiger partial charge in [-0.2, -0.15) is 0 Å². The number of nitrogens with zero attached hydrogens (tertiary/aromatic N) is 2. The summed E-state index contributed by atoms with van der Waals surface area (Å²) >= 11 is 6.73. The van der Waals surface area contributed by atoms with Gasteiger partial charge in [0.2, 0.25) is 0 Å². The zero-order chi connectivity index (χ0) is 22.2. The van der Waals surface area contributed by atoms with Crippen LogP contribution in [0.4, 0.5) is 0 Å². The molecule has 0 saturated heterocycles. The van der Waals surface area contributed by atoms with E-state index in [2.05, 4.69) is 4.98 Å². The molecule has 0 radical (unpaired) electrons. The quantitative estimate of drug-likeness (QED) is 0.423. The molecule has 0 aliphatic rings. The fourth-order valence-electron chi connectivity index (χ4n) is 3.34. The first kappa shape index (κ1) is 21.4. The van der Waals surface area contributed by atoms with Crippen molar-refractivity contribution in [2.75, 3.05) is 5.75 Å². The predicted molar refractivity (Wildman–Crippen MR) is 122 cm³/mol. The molecular weight excluding hydrogens is 456 g/mol. The maximum absolute atomic E-state index is 12.9. The summed E-state index contributed by atoms with van der Waals surface area (Å²) in [6, 6.07) is 16.9. The third-order valence-corrected chi connectivity index (χ3v) is 8.23. The summed E-state index contributed by atoms with van der Waals surface area (Å²) in [5.74, 6) is -0.454. The highest BCUT2D eigenvalue weighted by atomic mass is 35.5. The van der Waals surface area contributed by atoms with Crippen LogP contribution in [0.2, 0.25) is 4.34 Å². The largest absolute Gasteiger partial charge is 0.298 e. The first-order valence-corrected chi connectivity index (χ1v) is 12.2. The lowest BCUT2D eigenvalue weighted by atomic mass is 10.1. The van der Waals surface area contributed by atoms with Crippen LogP contribution in [0.5, 0.6) is 0 Å². The van der Waals surface area contributed by atoms with Crippen LogP contribution in [0.1, 0.15) is 11.4 Å². The molecule has 0 bridgehead atoms. The van der Waals surface area contributed by atoms with Crippen LogP contribution < -0.4 is 5.56 Å². The molecule has 0 saturated carbocycles. The number of sulfone groups is 1. The van der Waals surface area contributed by atoms with E-state index < -0.39 is 21.4 Å². The number of benzene rings is 2. The zero-order valence-electron chi connectivity index (χ0n) is 16.4. The molecule has 0 spiro atoms. The standard InChI is InChI=1S/C22H17ClN2O4S2/c1-14-24-19-5-3-2-4-18(19)22(27)25(14)16-8-6-15(7-9-16)12-17(26)13-31(28,29)21-11-10-20(23)30-21/h2-11H,12-13H2,1H3. The van der Waals surface area contributed by atoms with Crippen molar-refractivity contribution in [3.05, 3.63) is 86.7 Å². The lowest BCUT2D eigenvalue weighted by Crippen LogP contribution is -2.22. The number of carbonyl (C=O) groups is 1. The minimum atomic E-state index is -3.71. The number of fused-ring (bicyclic) bond motifs is 1. The molecular formula is C22H17ClN2O4S2. The van der Waals surface area contributed by atoms with Gasteiger partial charge in [-0.1, -0.05) is 35.9 Å². The van der Waals surface area contributed by atoms with Crippen LogP contribution in [0.15, 0.2) is 69.7 Å². The third-order valence-electron chi connectivity index (χ3n) is 4.75. The Labute approximate surface area is 187 Å². The maximum atomic E-state index is 12.9. The Bertz CT molecular complexity index is 1460. The summed E-state index contributed by atoms with van der Waals surface area (Å²) in [5, 5.41) is 0.520. The minimum absolute atomic E-state index is 0.0253. The van der Waals surface area contributed by atoms with Crippen LogP contribution in [-0.4, -0.2) is 29.5 Å². The van der Waals surface area contributed by atoms with Gasteiger partial charge in [0, 0.05) is 6.42 Å². The van der Waals surface area contributed by atoms with Gasteiger partial charge in [-0.05, 0) is 48.9 Å². The van der Waals surface area contributed by atoms with E-state index in [9.17, 15) is 18.0 Å². The number of para-hydroxylation sites is 1. The van der Waals surface area contributed by atoms with Gasteiger partial charge in [0.15, 0.2) is 15.6 Å². The van der Waals surface area contributed by atoms with Crippen molar-refractivity contribution in [3.63, 3.8) is 0 Å². The molecule has 0 amide bonds. The highest BCUT2D eigenvalue weighted by Crippen LogP contribution is 2.26. The number of ketones is 1. The maximum Gasteiger partial charge on any atom is 0.265 e. The fourth-order valence-corrected chi connectivity index (χ4v) is 6.15. The molecule has 0 atom stereocenters. The Morgan fingerprint density at radius 1 is 1.06 bits per heavy atom. The SMILES string of the molecule is Cc1nc2ccccc2c(=O)n1-c1ccc(CC(=O)CS(=O)(=O)c2ccc(Cl)s2)cc1. The van der Waals surface area contributed by atoms with Crippen molar-refractivity contribution in [1.29, 1.82) is 0 Å². The lowest BCUT2D eigenvalue weighted by molar-refractivity contribution is -0.116. The number of hydrogen-bond acceptors (Lipinski definition) is 6. The molecule has 0 aliphatic carbocycles. The monoisotopic (exact) mass is 472 g/mol. The summed E-state index contributed by atoms with van der Waals surface area (Å²) in [5.41, 5.74) is 1.75. The summed E-state index contributed by atoms with van der Waals surface area (Å²) in [4.78, 5) is 29.7. The molecule has 9 heteroatoms. The van der Waals surface area contributed by atoms with Gasteiger partial charge in [0.1, 0.15) is 15.8 Å². The van der Waals surface area contributed by atoms with Crippen LogP contribution >= 0.6 is 22.9 Å². The number of aryl methyl sites for hydroxylation is 1. The number of hydrogen-bond donors (Lipinski definition) is 0. The van der Waals surface area contributed by atoms with E-state index in [4.69, 9.17) is 11.6 Å². The van der Waals surface area contributed by atoms with E-state index in [1.165, 1.54) is 16.7 Å². The molecule has 0 N–H and O–H groups in total. The number of Topliss-reactive ketones (excluding diaryl/α,β-unsaturated/α-hetero) is 1. The molecule has 6 nitrogen and oxygen atoms in total. The van der Waals surface area contributed by atoms with Crippen molar-refractivity contribution < 1.29 is 13.2 Å². The second-order valence-corrected chi connectivity index (χ2v) is 10.9. The topological polar surface area (TPSA) is 86.1 Å². The van der Waals surface area contributed by atoms with Gasteiger partial charge in [0.05, 0.1) is 20.9 Å². The molecule has 4 rings (SSSR count). The van der Waals surface area contributed by atoms with E-state index in [1.54, 1.807) is 49.4 Å². The van der Waals surface area contributed by atoms with Gasteiger partial charge in [-0.25, -0.2) is 13.4 Å².